The molecule has 2 aromatic carbocycles. The highest BCUT2D eigenvalue weighted by molar-refractivity contribution is 8.00. The van der Waals surface area contributed by atoms with E-state index in [0.29, 0.717) is 29.2 Å². The van der Waals surface area contributed by atoms with Crippen LogP contribution in [0.3, 0.4) is 0 Å². The van der Waals surface area contributed by atoms with Gasteiger partial charge < -0.3 is 15.7 Å². The number of nitrogens with one attached hydrogen (secondary N) is 2. The number of carbonyl (C=O) groups is 3. The number of aliphatic carboxylic acids is 1. The summed E-state index contributed by atoms with van der Waals surface area (Å²) in [5.41, 5.74) is 2.18. The van der Waals surface area contributed by atoms with E-state index in [4.69, 9.17) is 11.6 Å². The number of aryl methyl sites for hydroxylation is 1. The second-order valence-corrected chi connectivity index (χ2v) is 8.76. The highest BCUT2D eigenvalue weighted by atomic mass is 35.5. The number of amides is 2. The van der Waals surface area contributed by atoms with Gasteiger partial charge in [0.05, 0.1) is 17.6 Å². The molecule has 2 aromatic rings. The third-order valence-corrected chi connectivity index (χ3v) is 6.45. The average Bonchev–Trinajstić information content (AvgIpc) is 2.76. The predicted molar refractivity (Wildman–Crippen MR) is 124 cm³/mol. The molecule has 8 heteroatoms. The Labute approximate surface area is 190 Å². The van der Waals surface area contributed by atoms with Crippen LogP contribution in [0.2, 0.25) is 5.02 Å². The summed E-state index contributed by atoms with van der Waals surface area (Å²) >= 11 is 7.45. The Hall–Kier alpha value is -2.77. The van der Waals surface area contributed by atoms with Crippen LogP contribution in [0.15, 0.2) is 59.5 Å². The van der Waals surface area contributed by atoms with Gasteiger partial charge in [0.2, 0.25) is 11.8 Å². The first-order valence-electron chi connectivity index (χ1n) is 9.81. The standard InChI is InChI=1S/C23H23ClN2O4S/c1-14-6-7-16(12-20(14)24)25-21(27)13-31-17-10-8-15(9-11-17)26-22(28)18-4-2-3-5-19(18)23(29)30/h2-3,6-12,18-19H,4-5,13H2,1H3,(H,25,27)(H,26,28)(H,29,30). The number of anilines is 2. The lowest BCUT2D eigenvalue weighted by atomic mass is 9.82. The monoisotopic (exact) mass is 458 g/mol. The van der Waals surface area contributed by atoms with E-state index in [1.54, 1.807) is 30.3 Å². The fraction of sp³-hybridized carbons (Fsp3) is 0.261. The smallest absolute Gasteiger partial charge is 0.307 e. The van der Waals surface area contributed by atoms with Gasteiger partial charge in [0.25, 0.3) is 0 Å². The fourth-order valence-electron chi connectivity index (χ4n) is 3.26. The van der Waals surface area contributed by atoms with Crippen molar-refractivity contribution in [2.45, 2.75) is 24.7 Å². The molecule has 0 heterocycles. The third kappa shape index (κ3) is 6.35. The van der Waals surface area contributed by atoms with Crippen LogP contribution in [0.5, 0.6) is 0 Å². The quantitative estimate of drug-likeness (QED) is 0.401. The summed E-state index contributed by atoms with van der Waals surface area (Å²) in [5, 5.41) is 15.5. The highest BCUT2D eigenvalue weighted by Crippen LogP contribution is 2.28. The number of halogens is 1. The van der Waals surface area contributed by atoms with Crippen molar-refractivity contribution in [2.75, 3.05) is 16.4 Å². The summed E-state index contributed by atoms with van der Waals surface area (Å²) in [6.07, 6.45) is 4.43. The maximum absolute atomic E-state index is 12.5. The van der Waals surface area contributed by atoms with Crippen LogP contribution in [0.4, 0.5) is 11.4 Å². The van der Waals surface area contributed by atoms with E-state index < -0.39 is 17.8 Å². The minimum Gasteiger partial charge on any atom is -0.481 e. The summed E-state index contributed by atoms with van der Waals surface area (Å²) in [6.45, 7) is 1.90. The first-order chi connectivity index (χ1) is 14.8. The molecule has 3 rings (SSSR count). The molecular formula is C23H23ClN2O4S. The number of benzene rings is 2. The fourth-order valence-corrected chi connectivity index (χ4v) is 4.14. The normalized spacial score (nSPS) is 17.7. The van der Waals surface area contributed by atoms with Crippen LogP contribution in [-0.2, 0) is 14.4 Å². The van der Waals surface area contributed by atoms with E-state index in [9.17, 15) is 19.5 Å². The van der Waals surface area contributed by atoms with E-state index in [-0.39, 0.29) is 17.6 Å². The molecule has 0 aromatic heterocycles. The van der Waals surface area contributed by atoms with Crippen molar-refractivity contribution in [2.24, 2.45) is 11.8 Å². The lowest BCUT2D eigenvalue weighted by Gasteiger charge is -2.24. The van der Waals surface area contributed by atoms with Gasteiger partial charge in [0.1, 0.15) is 0 Å². The number of carbonyl (C=O) groups excluding carboxylic acids is 2. The molecule has 0 saturated carbocycles. The van der Waals surface area contributed by atoms with Crippen LogP contribution >= 0.6 is 23.4 Å². The van der Waals surface area contributed by atoms with E-state index in [1.165, 1.54) is 11.8 Å². The lowest BCUT2D eigenvalue weighted by molar-refractivity contribution is -0.146. The van der Waals surface area contributed by atoms with Crippen LogP contribution in [0.25, 0.3) is 0 Å². The summed E-state index contributed by atoms with van der Waals surface area (Å²) < 4.78 is 0. The Kier molecular flexibility index (Phi) is 7.76. The molecule has 0 radical (unpaired) electrons. The van der Waals surface area contributed by atoms with Crippen LogP contribution in [-0.4, -0.2) is 28.6 Å². The second kappa shape index (κ2) is 10.5. The summed E-state index contributed by atoms with van der Waals surface area (Å²) in [7, 11) is 0. The van der Waals surface area contributed by atoms with E-state index in [0.717, 1.165) is 10.5 Å². The van der Waals surface area contributed by atoms with Gasteiger partial charge in [-0.2, -0.15) is 0 Å². The van der Waals surface area contributed by atoms with E-state index in [1.807, 2.05) is 31.2 Å². The first-order valence-corrected chi connectivity index (χ1v) is 11.2. The molecule has 0 saturated heterocycles. The molecule has 1 aliphatic carbocycles. The van der Waals surface area contributed by atoms with Crippen LogP contribution in [0, 0.1) is 18.8 Å². The van der Waals surface area contributed by atoms with Crippen molar-refractivity contribution in [3.8, 4) is 0 Å². The van der Waals surface area contributed by atoms with Crippen LogP contribution in [0.1, 0.15) is 18.4 Å². The van der Waals surface area contributed by atoms with Gasteiger partial charge in [0, 0.05) is 21.3 Å². The summed E-state index contributed by atoms with van der Waals surface area (Å²) in [4.78, 5) is 37.0. The zero-order valence-electron chi connectivity index (χ0n) is 16.9. The van der Waals surface area contributed by atoms with Crippen molar-refractivity contribution in [3.63, 3.8) is 0 Å². The van der Waals surface area contributed by atoms with Gasteiger partial charge >= 0.3 is 5.97 Å². The zero-order chi connectivity index (χ0) is 22.4. The Bertz CT molecular complexity index is 1010. The van der Waals surface area contributed by atoms with Gasteiger partial charge in [-0.3, -0.25) is 14.4 Å². The molecule has 31 heavy (non-hydrogen) atoms. The van der Waals surface area contributed by atoms with E-state index in [2.05, 4.69) is 10.6 Å². The molecule has 0 fully saturated rings. The number of hydrogen-bond acceptors (Lipinski definition) is 4. The van der Waals surface area contributed by atoms with Gasteiger partial charge in [-0.05, 0) is 61.7 Å². The van der Waals surface area contributed by atoms with Crippen molar-refractivity contribution in [1.29, 1.82) is 0 Å². The summed E-state index contributed by atoms with van der Waals surface area (Å²) in [5.74, 6) is -2.47. The molecule has 2 unspecified atom stereocenters. The molecule has 0 bridgehead atoms. The molecule has 0 aliphatic heterocycles. The molecule has 162 valence electrons. The number of allylic oxidation sites excluding steroid dienone is 2. The van der Waals surface area contributed by atoms with Gasteiger partial charge in [-0.25, -0.2) is 0 Å². The SMILES string of the molecule is Cc1ccc(NC(=O)CSc2ccc(NC(=O)C3CC=CCC3C(=O)O)cc2)cc1Cl. The van der Waals surface area contributed by atoms with Gasteiger partial charge in [-0.1, -0.05) is 29.8 Å². The van der Waals surface area contributed by atoms with Crippen molar-refractivity contribution in [1.82, 2.24) is 0 Å². The van der Waals surface area contributed by atoms with Crippen molar-refractivity contribution >= 4 is 52.5 Å². The average molecular weight is 459 g/mol. The highest BCUT2D eigenvalue weighted by Gasteiger charge is 2.33. The number of rotatable bonds is 7. The molecule has 2 atom stereocenters. The predicted octanol–water partition coefficient (Wildman–Crippen LogP) is 4.98. The van der Waals surface area contributed by atoms with Crippen LogP contribution < -0.4 is 10.6 Å². The Morgan fingerprint density at radius 3 is 2.29 bits per heavy atom. The molecule has 2 amide bonds. The Balaban J connectivity index is 1.51. The molecule has 6 nitrogen and oxygen atoms in total. The van der Waals surface area contributed by atoms with Crippen molar-refractivity contribution < 1.29 is 19.5 Å². The largest absolute Gasteiger partial charge is 0.481 e. The van der Waals surface area contributed by atoms with Crippen molar-refractivity contribution in [3.05, 3.63) is 65.2 Å². The number of carboxylic acids is 1. The Morgan fingerprint density at radius 1 is 1.00 bits per heavy atom. The second-order valence-electron chi connectivity index (χ2n) is 7.31. The lowest BCUT2D eigenvalue weighted by Crippen LogP contribution is -2.34. The molecule has 3 N–H and O–H groups in total. The van der Waals surface area contributed by atoms with Gasteiger partial charge in [0.15, 0.2) is 0 Å². The number of thioether (sulfide) groups is 1. The number of hydrogen-bond donors (Lipinski definition) is 3. The maximum Gasteiger partial charge on any atom is 0.307 e. The molecular weight excluding hydrogens is 436 g/mol. The first kappa shape index (κ1) is 22.9. The minimum atomic E-state index is -0.956. The molecule has 0 spiro atoms. The van der Waals surface area contributed by atoms with E-state index >= 15 is 0 Å². The summed E-state index contributed by atoms with van der Waals surface area (Å²) in [6, 6.07) is 12.5. The minimum absolute atomic E-state index is 0.146. The Morgan fingerprint density at radius 2 is 1.65 bits per heavy atom. The number of carboxylic acid groups (broad SMARTS) is 1. The maximum atomic E-state index is 12.5. The third-order valence-electron chi connectivity index (χ3n) is 5.03. The van der Waals surface area contributed by atoms with Gasteiger partial charge in [-0.15, -0.1) is 11.8 Å². The topological polar surface area (TPSA) is 95.5 Å². The molecule has 1 aliphatic rings. The zero-order valence-corrected chi connectivity index (χ0v) is 18.5.